The van der Waals surface area contributed by atoms with Crippen LogP contribution >= 0.6 is 0 Å². The summed E-state index contributed by atoms with van der Waals surface area (Å²) < 4.78 is 6.19. The van der Waals surface area contributed by atoms with E-state index in [1.807, 2.05) is 30.3 Å². The van der Waals surface area contributed by atoms with Crippen molar-refractivity contribution >= 4 is 0 Å². The summed E-state index contributed by atoms with van der Waals surface area (Å²) in [5, 5.41) is 0. The lowest BCUT2D eigenvalue weighted by Gasteiger charge is -2.28. The minimum absolute atomic E-state index is 0.108. The Kier molecular flexibility index (Phi) is 3.28. The Morgan fingerprint density at radius 3 is 2.45 bits per heavy atom. The van der Waals surface area contributed by atoms with Crippen molar-refractivity contribution in [2.75, 3.05) is 0 Å². The zero-order chi connectivity index (χ0) is 14.2. The quantitative estimate of drug-likeness (QED) is 0.551. The smallest absolute Gasteiger partial charge is 0.0788 e. The molecule has 0 aromatic heterocycles. The molecule has 2 unspecified atom stereocenters. The van der Waals surface area contributed by atoms with E-state index in [1.54, 1.807) is 0 Å². The predicted molar refractivity (Wildman–Crippen MR) is 82.1 cm³/mol. The molecular formula is C19H20O. The van der Waals surface area contributed by atoms with E-state index in [4.69, 9.17) is 4.74 Å². The predicted octanol–water partition coefficient (Wildman–Crippen LogP) is 3.96. The van der Waals surface area contributed by atoms with Crippen LogP contribution in [-0.4, -0.2) is 11.7 Å². The van der Waals surface area contributed by atoms with Gasteiger partial charge in [-0.2, -0.15) is 0 Å². The molecule has 0 amide bonds. The molecule has 0 fully saturated rings. The molecule has 1 aromatic carbocycles. The number of hydrogen-bond donors (Lipinski definition) is 0. The molecule has 2 aliphatic carbocycles. The summed E-state index contributed by atoms with van der Waals surface area (Å²) in [6, 6.07) is 10.1. The van der Waals surface area contributed by atoms with Crippen LogP contribution in [0.25, 0.3) is 0 Å². The molecule has 0 heterocycles. The Hall–Kier alpha value is -1.78. The van der Waals surface area contributed by atoms with Gasteiger partial charge in [0.15, 0.2) is 0 Å². The standard InChI is InChI=1S/C19H20O/c1-19(2,3)20-18-16-11-12-17(18)15(13-16)10-9-14-7-5-4-6-8-14/h4-8,11-13,16-18H,1-3H3/t16?,17?,18-/m1/s1. The topological polar surface area (TPSA) is 9.23 Å². The summed E-state index contributed by atoms with van der Waals surface area (Å²) >= 11 is 0. The highest BCUT2D eigenvalue weighted by molar-refractivity contribution is 5.48. The summed E-state index contributed by atoms with van der Waals surface area (Å²) in [6.45, 7) is 6.33. The number of hydrogen-bond acceptors (Lipinski definition) is 1. The molecule has 102 valence electrons. The van der Waals surface area contributed by atoms with Crippen molar-refractivity contribution in [1.82, 2.24) is 0 Å². The van der Waals surface area contributed by atoms with E-state index in [0.717, 1.165) is 5.56 Å². The number of ether oxygens (including phenoxy) is 1. The maximum atomic E-state index is 6.19. The molecular weight excluding hydrogens is 244 g/mol. The monoisotopic (exact) mass is 264 g/mol. The van der Waals surface area contributed by atoms with Crippen LogP contribution in [0.5, 0.6) is 0 Å². The second-order valence-electron chi connectivity index (χ2n) is 6.42. The first-order valence-electron chi connectivity index (χ1n) is 7.18. The maximum absolute atomic E-state index is 6.19. The highest BCUT2D eigenvalue weighted by Gasteiger charge is 2.41. The summed E-state index contributed by atoms with van der Waals surface area (Å²) in [5.74, 6) is 7.29. The molecule has 0 aliphatic heterocycles. The SMILES string of the molecule is CC(C)(C)O[C@@H]1C2C=CC1C(C#Cc1ccccc1)=C2. The van der Waals surface area contributed by atoms with Crippen molar-refractivity contribution in [3.05, 3.63) is 59.7 Å². The van der Waals surface area contributed by atoms with E-state index < -0.39 is 0 Å². The van der Waals surface area contributed by atoms with Gasteiger partial charge in [0.1, 0.15) is 0 Å². The fourth-order valence-corrected chi connectivity index (χ4v) is 2.81. The van der Waals surface area contributed by atoms with Crippen molar-refractivity contribution in [3.8, 4) is 11.8 Å². The van der Waals surface area contributed by atoms with Crippen molar-refractivity contribution in [2.45, 2.75) is 32.5 Å². The summed E-state index contributed by atoms with van der Waals surface area (Å²) in [7, 11) is 0. The summed E-state index contributed by atoms with van der Waals surface area (Å²) in [5.41, 5.74) is 2.16. The molecule has 0 spiro atoms. The molecule has 0 N–H and O–H groups in total. The molecule has 3 rings (SSSR count). The third kappa shape index (κ3) is 2.71. The molecule has 1 aromatic rings. The van der Waals surface area contributed by atoms with Crippen molar-refractivity contribution in [1.29, 1.82) is 0 Å². The van der Waals surface area contributed by atoms with Crippen LogP contribution in [0.4, 0.5) is 0 Å². The van der Waals surface area contributed by atoms with Gasteiger partial charge >= 0.3 is 0 Å². The normalized spacial score (nSPS) is 27.1. The molecule has 2 aliphatic rings. The van der Waals surface area contributed by atoms with Gasteiger partial charge in [0, 0.05) is 23.0 Å². The van der Waals surface area contributed by atoms with Crippen LogP contribution in [0.3, 0.4) is 0 Å². The second-order valence-corrected chi connectivity index (χ2v) is 6.42. The molecule has 0 saturated heterocycles. The van der Waals surface area contributed by atoms with Crippen LogP contribution in [0.15, 0.2) is 54.1 Å². The first-order valence-corrected chi connectivity index (χ1v) is 7.18. The lowest BCUT2D eigenvalue weighted by atomic mass is 10.0. The lowest BCUT2D eigenvalue weighted by molar-refractivity contribution is -0.0724. The van der Waals surface area contributed by atoms with Gasteiger partial charge in [0.05, 0.1) is 11.7 Å². The van der Waals surface area contributed by atoms with Crippen molar-refractivity contribution in [3.63, 3.8) is 0 Å². The van der Waals surface area contributed by atoms with Crippen LogP contribution in [0.2, 0.25) is 0 Å². The van der Waals surface area contributed by atoms with Gasteiger partial charge < -0.3 is 4.74 Å². The molecule has 0 radical (unpaired) electrons. The fourth-order valence-electron chi connectivity index (χ4n) is 2.81. The van der Waals surface area contributed by atoms with E-state index in [2.05, 4.69) is 50.8 Å². The van der Waals surface area contributed by atoms with Crippen LogP contribution < -0.4 is 0 Å². The largest absolute Gasteiger partial charge is 0.371 e. The molecule has 1 heteroatoms. The van der Waals surface area contributed by atoms with Crippen LogP contribution in [0.1, 0.15) is 26.3 Å². The number of benzene rings is 1. The summed E-state index contributed by atoms with van der Waals surface area (Å²) in [6.07, 6.45) is 6.98. The zero-order valence-electron chi connectivity index (χ0n) is 12.3. The first-order chi connectivity index (χ1) is 9.53. The number of rotatable bonds is 1. The summed E-state index contributed by atoms with van der Waals surface area (Å²) in [4.78, 5) is 0. The van der Waals surface area contributed by atoms with Crippen molar-refractivity contribution < 1.29 is 4.74 Å². The van der Waals surface area contributed by atoms with Gasteiger partial charge in [-0.1, -0.05) is 48.3 Å². The van der Waals surface area contributed by atoms with E-state index in [1.165, 1.54) is 5.57 Å². The van der Waals surface area contributed by atoms with Gasteiger partial charge in [-0.3, -0.25) is 0 Å². The first kappa shape index (κ1) is 13.2. The van der Waals surface area contributed by atoms with E-state index in [0.29, 0.717) is 11.8 Å². The molecule has 3 atom stereocenters. The average molecular weight is 264 g/mol. The van der Waals surface area contributed by atoms with Crippen molar-refractivity contribution in [2.24, 2.45) is 11.8 Å². The molecule has 1 nitrogen and oxygen atoms in total. The Bertz CT molecular complexity index is 605. The van der Waals surface area contributed by atoms with Crippen LogP contribution in [0, 0.1) is 23.7 Å². The highest BCUT2D eigenvalue weighted by Crippen LogP contribution is 2.42. The lowest BCUT2D eigenvalue weighted by Crippen LogP contribution is -2.31. The van der Waals surface area contributed by atoms with E-state index in [9.17, 15) is 0 Å². The fraction of sp³-hybridized carbons (Fsp3) is 0.368. The van der Waals surface area contributed by atoms with Gasteiger partial charge in [0.2, 0.25) is 0 Å². The number of fused-ring (bicyclic) bond motifs is 2. The van der Waals surface area contributed by atoms with Gasteiger partial charge in [-0.05, 0) is 32.9 Å². The second kappa shape index (κ2) is 4.96. The zero-order valence-corrected chi connectivity index (χ0v) is 12.3. The van der Waals surface area contributed by atoms with Crippen LogP contribution in [-0.2, 0) is 4.74 Å². The maximum Gasteiger partial charge on any atom is 0.0788 e. The van der Waals surface area contributed by atoms with Gasteiger partial charge in [-0.25, -0.2) is 0 Å². The van der Waals surface area contributed by atoms with E-state index >= 15 is 0 Å². The van der Waals surface area contributed by atoms with Gasteiger partial charge in [-0.15, -0.1) is 0 Å². The minimum atomic E-state index is -0.108. The Labute approximate surface area is 121 Å². The Balaban J connectivity index is 1.75. The van der Waals surface area contributed by atoms with Gasteiger partial charge in [0.25, 0.3) is 0 Å². The Morgan fingerprint density at radius 1 is 1.00 bits per heavy atom. The third-order valence-corrected chi connectivity index (χ3v) is 3.62. The third-order valence-electron chi connectivity index (χ3n) is 3.62. The molecule has 0 saturated carbocycles. The average Bonchev–Trinajstić information content (AvgIpc) is 2.92. The minimum Gasteiger partial charge on any atom is -0.371 e. The van der Waals surface area contributed by atoms with E-state index in [-0.39, 0.29) is 11.7 Å². The molecule has 2 bridgehead atoms. The molecule has 20 heavy (non-hydrogen) atoms. The Morgan fingerprint density at radius 2 is 1.75 bits per heavy atom. The highest BCUT2D eigenvalue weighted by atomic mass is 16.5.